The number of phenolic OH excluding ortho intramolecular Hbond substituents is 2. The van der Waals surface area contributed by atoms with Crippen LogP contribution < -0.4 is 0 Å². The van der Waals surface area contributed by atoms with E-state index in [0.717, 1.165) is 0 Å². The van der Waals surface area contributed by atoms with Crippen LogP contribution in [0.2, 0.25) is 0 Å². The molecule has 2 heteroatoms. The third-order valence-corrected chi connectivity index (χ3v) is 1.72. The van der Waals surface area contributed by atoms with E-state index in [-0.39, 0.29) is 0 Å². The minimum Gasteiger partial charge on any atom is -0.508 e. The molecule has 2 aromatic carbocycles. The van der Waals surface area contributed by atoms with Gasteiger partial charge in [0.05, 0.1) is 11.0 Å². The third kappa shape index (κ3) is 2.16. The van der Waals surface area contributed by atoms with Crippen LogP contribution in [0.4, 0.5) is 0 Å². The number of aromatic hydroxyl groups is 2. The molecule has 0 aliphatic heterocycles. The molecule has 0 unspecified atom stereocenters. The summed E-state index contributed by atoms with van der Waals surface area (Å²) in [7, 11) is 0. The summed E-state index contributed by atoms with van der Waals surface area (Å²) in [5.74, 6) is -5.41. The average Bonchev–Trinajstić information content (AvgIpc) is 2.60. The second kappa shape index (κ2) is 4.27. The lowest BCUT2D eigenvalue weighted by atomic mass is 9.93. The zero-order valence-corrected chi connectivity index (χ0v) is 7.89. The van der Waals surface area contributed by atoms with E-state index < -0.39 is 83.7 Å². The maximum absolute atomic E-state index is 9.68. The highest BCUT2D eigenvalue weighted by Crippen LogP contribution is 2.26. The van der Waals surface area contributed by atoms with Crippen LogP contribution >= 0.6 is 0 Å². The lowest BCUT2D eigenvalue weighted by Gasteiger charge is -2.12. The highest BCUT2D eigenvalue weighted by Gasteiger charge is 2.07. The summed E-state index contributed by atoms with van der Waals surface area (Å²) < 4.78 is 94.5. The first-order chi connectivity index (χ1) is 12.6. The minimum absolute atomic E-state index is 1.02. The van der Waals surface area contributed by atoms with Gasteiger partial charge in [-0.2, -0.15) is 0 Å². The molecule has 0 amide bonds. The Morgan fingerprint density at radius 3 is 1.62 bits per heavy atom. The Morgan fingerprint density at radius 2 is 1.31 bits per heavy atom. The second-order valence-electron chi connectivity index (χ2n) is 2.82. The standard InChI is InChI=1S/C14H14O2/c1-10(11-2-6-13(15)7-3-11)12-4-8-14(16)9-5-12/h2-10,15-16H,1H3/i1D3,2D,3D,4D,5D,6D,7D,8D,9D,10D. The first-order valence-corrected chi connectivity index (χ1v) is 4.20. The molecule has 0 radical (unpaired) electrons. The van der Waals surface area contributed by atoms with Crippen molar-refractivity contribution >= 4 is 0 Å². The van der Waals surface area contributed by atoms with E-state index >= 15 is 0 Å². The molecule has 2 N–H and O–H groups in total. The first kappa shape index (κ1) is 3.27. The summed E-state index contributed by atoms with van der Waals surface area (Å²) in [5, 5.41) is 19.4. The van der Waals surface area contributed by atoms with Gasteiger partial charge >= 0.3 is 0 Å². The zero-order chi connectivity index (χ0) is 21.9. The molecule has 0 aromatic heterocycles. The van der Waals surface area contributed by atoms with Gasteiger partial charge in [-0.15, -0.1) is 0 Å². The van der Waals surface area contributed by atoms with Gasteiger partial charge in [0, 0.05) is 11.4 Å². The van der Waals surface area contributed by atoms with Crippen LogP contribution in [-0.2, 0) is 0 Å². The van der Waals surface area contributed by atoms with Crippen LogP contribution in [0.1, 0.15) is 40.3 Å². The highest BCUT2D eigenvalue weighted by molar-refractivity contribution is 5.36. The van der Waals surface area contributed by atoms with E-state index in [9.17, 15) is 10.2 Å². The Kier molecular flexibility index (Phi) is 0.871. The Labute approximate surface area is 112 Å². The van der Waals surface area contributed by atoms with Gasteiger partial charge in [0.25, 0.3) is 0 Å². The largest absolute Gasteiger partial charge is 0.508 e. The Bertz CT molecular complexity index is 854. The van der Waals surface area contributed by atoms with Gasteiger partial charge in [0.15, 0.2) is 0 Å². The summed E-state index contributed by atoms with van der Waals surface area (Å²) >= 11 is 0. The van der Waals surface area contributed by atoms with Gasteiger partial charge < -0.3 is 10.2 Å². The summed E-state index contributed by atoms with van der Waals surface area (Å²) in [6.45, 7) is -3.48. The molecule has 0 heterocycles. The smallest absolute Gasteiger partial charge is 0.115 e. The summed E-state index contributed by atoms with van der Waals surface area (Å²) in [5.41, 5.74) is -2.10. The average molecular weight is 226 g/mol. The molecule has 2 aromatic rings. The van der Waals surface area contributed by atoms with Crippen LogP contribution in [0.3, 0.4) is 0 Å². The number of rotatable bonds is 2. The van der Waals surface area contributed by atoms with Crippen molar-refractivity contribution in [3.63, 3.8) is 0 Å². The normalized spacial score (nSPS) is 22.8. The van der Waals surface area contributed by atoms with E-state index in [1.165, 1.54) is 0 Å². The zero-order valence-electron chi connectivity index (χ0n) is 19.9. The Balaban J connectivity index is 3.17. The SMILES string of the molecule is [2H]c1c([2H])c(C([2H])(c2c([2H])c([2H])c(O)c([2H])c2[2H])C([2H])([2H])[2H])c([2H])c([2H])c1O. The quantitative estimate of drug-likeness (QED) is 0.825. The summed E-state index contributed by atoms with van der Waals surface area (Å²) in [4.78, 5) is 0. The molecule has 0 bridgehead atoms. The highest BCUT2D eigenvalue weighted by atomic mass is 16.3. The molecule has 0 saturated heterocycles. The topological polar surface area (TPSA) is 40.5 Å². The number of phenols is 2. The molecule has 0 fully saturated rings. The maximum Gasteiger partial charge on any atom is 0.115 e. The first-order valence-electron chi connectivity index (χ1n) is 10.2. The molecule has 0 saturated carbocycles. The van der Waals surface area contributed by atoms with Crippen molar-refractivity contribution in [2.75, 3.05) is 0 Å². The fourth-order valence-corrected chi connectivity index (χ4v) is 0.987. The van der Waals surface area contributed by atoms with Gasteiger partial charge in [-0.25, -0.2) is 0 Å². The second-order valence-corrected chi connectivity index (χ2v) is 2.82. The molecule has 82 valence electrons. The van der Waals surface area contributed by atoms with Crippen LogP contribution in [0.5, 0.6) is 11.5 Å². The van der Waals surface area contributed by atoms with Crippen LogP contribution in [0.15, 0.2) is 48.3 Å². The summed E-state index contributed by atoms with van der Waals surface area (Å²) in [6.07, 6.45) is 0. The third-order valence-electron chi connectivity index (χ3n) is 1.72. The molecule has 16 heavy (non-hydrogen) atoms. The minimum atomic E-state index is -3.48. The lowest BCUT2D eigenvalue weighted by Crippen LogP contribution is -1.94. The van der Waals surface area contributed by atoms with Crippen LogP contribution in [-0.4, -0.2) is 10.2 Å². The Morgan fingerprint density at radius 1 is 0.938 bits per heavy atom. The van der Waals surface area contributed by atoms with Gasteiger partial charge in [0.2, 0.25) is 0 Å². The van der Waals surface area contributed by atoms with Gasteiger partial charge in [0.1, 0.15) is 11.5 Å². The van der Waals surface area contributed by atoms with E-state index in [4.69, 9.17) is 16.4 Å². The van der Waals surface area contributed by atoms with Gasteiger partial charge in [-0.3, -0.25) is 0 Å². The molecule has 0 aliphatic carbocycles. The van der Waals surface area contributed by atoms with Crippen molar-refractivity contribution in [2.45, 2.75) is 12.7 Å². The Hall–Kier alpha value is -1.96. The van der Waals surface area contributed by atoms with Crippen LogP contribution in [0, 0.1) is 0 Å². The molecular formula is C14H14O2. The van der Waals surface area contributed by atoms with Crippen molar-refractivity contribution in [3.05, 3.63) is 59.5 Å². The predicted molar refractivity (Wildman–Crippen MR) is 63.7 cm³/mol. The van der Waals surface area contributed by atoms with E-state index in [1.807, 2.05) is 0 Å². The molecule has 0 aliphatic rings. The molecule has 2 nitrogen and oxygen atoms in total. The molecule has 0 spiro atoms. The molecule has 2 rings (SSSR count). The maximum atomic E-state index is 9.68. The predicted octanol–water partition coefficient (Wildman–Crippen LogP) is 3.25. The number of hydrogen-bond donors (Lipinski definition) is 2. The van der Waals surface area contributed by atoms with Crippen molar-refractivity contribution < 1.29 is 26.7 Å². The fraction of sp³-hybridized carbons (Fsp3) is 0.143. The van der Waals surface area contributed by atoms with Crippen molar-refractivity contribution in [1.29, 1.82) is 0 Å². The van der Waals surface area contributed by atoms with E-state index in [2.05, 4.69) is 0 Å². The molecule has 0 atom stereocenters. The van der Waals surface area contributed by atoms with Crippen molar-refractivity contribution in [3.8, 4) is 11.5 Å². The van der Waals surface area contributed by atoms with Gasteiger partial charge in [-0.1, -0.05) is 31.0 Å². The van der Waals surface area contributed by atoms with E-state index in [0.29, 0.717) is 0 Å². The van der Waals surface area contributed by atoms with Crippen molar-refractivity contribution in [2.24, 2.45) is 0 Å². The monoisotopic (exact) mass is 226 g/mol. The van der Waals surface area contributed by atoms with E-state index in [1.54, 1.807) is 0 Å². The van der Waals surface area contributed by atoms with Gasteiger partial charge in [-0.05, 0) is 35.3 Å². The lowest BCUT2D eigenvalue weighted by molar-refractivity contribution is 0.475. The number of hydrogen-bond acceptors (Lipinski definition) is 2. The summed E-state index contributed by atoms with van der Waals surface area (Å²) in [6, 6.07) is -8.39. The van der Waals surface area contributed by atoms with Crippen molar-refractivity contribution in [1.82, 2.24) is 0 Å². The van der Waals surface area contributed by atoms with Crippen LogP contribution in [0.25, 0.3) is 0 Å². The number of benzene rings is 2. The molecular weight excluding hydrogens is 200 g/mol. The fourth-order valence-electron chi connectivity index (χ4n) is 0.987.